The Morgan fingerprint density at radius 2 is 1.91 bits per heavy atom. The van der Waals surface area contributed by atoms with Gasteiger partial charge in [-0.25, -0.2) is 4.79 Å². The summed E-state index contributed by atoms with van der Waals surface area (Å²) in [5, 5.41) is 8.96. The molecule has 1 heterocycles. The number of rotatable bonds is 6. The van der Waals surface area contributed by atoms with Crippen LogP contribution in [-0.2, 0) is 17.3 Å². The molecule has 1 aromatic heterocycles. The van der Waals surface area contributed by atoms with Crippen molar-refractivity contribution < 1.29 is 14.1 Å². The van der Waals surface area contributed by atoms with Gasteiger partial charge < -0.3 is 5.11 Å². The summed E-state index contributed by atoms with van der Waals surface area (Å²) in [6, 6.07) is 11.5. The minimum atomic E-state index is -0.962. The zero-order valence-corrected chi connectivity index (χ0v) is 14.4. The average Bonchev–Trinajstić information content (AvgIpc) is 2.95. The second kappa shape index (κ2) is 7.17. The van der Waals surface area contributed by atoms with E-state index < -0.39 is 16.8 Å². The molecule has 0 bridgehead atoms. The predicted octanol–water partition coefficient (Wildman–Crippen LogP) is 3.38. The molecule has 0 radical (unpaired) electrons. The molecule has 6 heteroatoms. The first-order chi connectivity index (χ1) is 10.4. The minimum absolute atomic E-state index is 0.190. The SMILES string of the molecule is CC(c1ccc(S(C)=O)cc1)N(C)Cc1ccc(C(=O)O)s1. The van der Waals surface area contributed by atoms with Crippen LogP contribution >= 0.6 is 11.3 Å². The van der Waals surface area contributed by atoms with Crippen molar-refractivity contribution >= 4 is 28.1 Å². The zero-order valence-electron chi connectivity index (χ0n) is 12.8. The first-order valence-corrected chi connectivity index (χ1v) is 9.21. The molecular weight excluding hydrogens is 318 g/mol. The minimum Gasteiger partial charge on any atom is -0.477 e. The number of carboxylic acids is 1. The highest BCUT2D eigenvalue weighted by atomic mass is 32.2. The molecule has 22 heavy (non-hydrogen) atoms. The Morgan fingerprint density at radius 1 is 1.27 bits per heavy atom. The third kappa shape index (κ3) is 4.03. The van der Waals surface area contributed by atoms with Crippen LogP contribution < -0.4 is 0 Å². The van der Waals surface area contributed by atoms with Gasteiger partial charge in [0.15, 0.2) is 0 Å². The second-order valence-electron chi connectivity index (χ2n) is 5.19. The van der Waals surface area contributed by atoms with E-state index in [4.69, 9.17) is 5.11 Å². The van der Waals surface area contributed by atoms with E-state index in [9.17, 15) is 9.00 Å². The molecule has 1 aromatic carbocycles. The summed E-state index contributed by atoms with van der Waals surface area (Å²) < 4.78 is 11.4. The standard InChI is InChI=1S/C16H19NO3S2/c1-11(12-4-7-14(8-5-12)22(3)20)17(2)10-13-6-9-15(21-13)16(18)19/h4-9,11H,10H2,1-3H3,(H,18,19). The first kappa shape index (κ1) is 16.9. The smallest absolute Gasteiger partial charge is 0.345 e. The zero-order chi connectivity index (χ0) is 16.3. The average molecular weight is 337 g/mol. The Balaban J connectivity index is 2.05. The molecule has 4 nitrogen and oxygen atoms in total. The van der Waals surface area contributed by atoms with Gasteiger partial charge >= 0.3 is 5.97 Å². The number of carboxylic acid groups (broad SMARTS) is 1. The number of hydrogen-bond donors (Lipinski definition) is 1. The van der Waals surface area contributed by atoms with Gasteiger partial charge in [0.2, 0.25) is 0 Å². The van der Waals surface area contributed by atoms with Crippen molar-refractivity contribution in [1.82, 2.24) is 4.90 Å². The molecule has 0 aliphatic rings. The van der Waals surface area contributed by atoms with E-state index in [1.807, 2.05) is 37.4 Å². The predicted molar refractivity (Wildman–Crippen MR) is 89.9 cm³/mol. The molecular formula is C16H19NO3S2. The van der Waals surface area contributed by atoms with E-state index in [1.165, 1.54) is 11.3 Å². The van der Waals surface area contributed by atoms with Gasteiger partial charge in [0, 0.05) is 39.4 Å². The summed E-state index contributed by atoms with van der Waals surface area (Å²) in [4.78, 5) is 15.3. The number of hydrogen-bond acceptors (Lipinski definition) is 4. The maximum absolute atomic E-state index is 11.4. The van der Waals surface area contributed by atoms with Crippen LogP contribution in [0, 0.1) is 0 Å². The van der Waals surface area contributed by atoms with Crippen molar-refractivity contribution in [2.75, 3.05) is 13.3 Å². The van der Waals surface area contributed by atoms with Crippen molar-refractivity contribution in [3.63, 3.8) is 0 Å². The Labute approximate surface area is 136 Å². The normalized spacial score (nSPS) is 14.0. The number of benzene rings is 1. The van der Waals surface area contributed by atoms with E-state index in [0.29, 0.717) is 11.4 Å². The van der Waals surface area contributed by atoms with Crippen LogP contribution in [0.25, 0.3) is 0 Å². The molecule has 2 aromatic rings. The largest absolute Gasteiger partial charge is 0.477 e. The molecule has 0 spiro atoms. The van der Waals surface area contributed by atoms with E-state index in [2.05, 4.69) is 11.8 Å². The Bertz CT molecular complexity index is 679. The Morgan fingerprint density at radius 3 is 2.41 bits per heavy atom. The van der Waals surface area contributed by atoms with Gasteiger partial charge in [0.05, 0.1) is 0 Å². The molecule has 0 amide bonds. The summed E-state index contributed by atoms with van der Waals surface area (Å²) >= 11 is 1.31. The highest BCUT2D eigenvalue weighted by Crippen LogP contribution is 2.24. The summed E-state index contributed by atoms with van der Waals surface area (Å²) in [7, 11) is 1.05. The van der Waals surface area contributed by atoms with Crippen LogP contribution in [0.15, 0.2) is 41.3 Å². The molecule has 2 atom stereocenters. The third-order valence-corrected chi connectivity index (χ3v) is 5.63. The van der Waals surface area contributed by atoms with Gasteiger partial charge in [-0.05, 0) is 43.8 Å². The van der Waals surface area contributed by atoms with Crippen molar-refractivity contribution in [3.05, 3.63) is 51.7 Å². The Hall–Kier alpha value is -1.50. The molecule has 0 aliphatic carbocycles. The van der Waals surface area contributed by atoms with Crippen LogP contribution in [0.4, 0.5) is 0 Å². The fraction of sp³-hybridized carbons (Fsp3) is 0.312. The van der Waals surface area contributed by atoms with Crippen molar-refractivity contribution in [2.45, 2.75) is 24.4 Å². The fourth-order valence-corrected chi connectivity index (χ4v) is 3.58. The van der Waals surface area contributed by atoms with E-state index in [-0.39, 0.29) is 6.04 Å². The highest BCUT2D eigenvalue weighted by molar-refractivity contribution is 7.84. The van der Waals surface area contributed by atoms with E-state index in [0.717, 1.165) is 15.3 Å². The van der Waals surface area contributed by atoms with Crippen LogP contribution in [0.2, 0.25) is 0 Å². The van der Waals surface area contributed by atoms with Crippen LogP contribution in [-0.4, -0.2) is 33.5 Å². The van der Waals surface area contributed by atoms with Gasteiger partial charge in [-0.15, -0.1) is 11.3 Å². The molecule has 1 N–H and O–H groups in total. The monoisotopic (exact) mass is 337 g/mol. The third-order valence-electron chi connectivity index (χ3n) is 3.63. The van der Waals surface area contributed by atoms with Crippen LogP contribution in [0.5, 0.6) is 0 Å². The van der Waals surface area contributed by atoms with Crippen molar-refractivity contribution in [1.29, 1.82) is 0 Å². The molecule has 2 unspecified atom stereocenters. The lowest BCUT2D eigenvalue weighted by molar-refractivity contribution is 0.0702. The van der Waals surface area contributed by atoms with Gasteiger partial charge in [-0.3, -0.25) is 9.11 Å². The van der Waals surface area contributed by atoms with E-state index >= 15 is 0 Å². The number of nitrogens with zero attached hydrogens (tertiary/aromatic N) is 1. The lowest BCUT2D eigenvalue weighted by Gasteiger charge is -2.24. The van der Waals surface area contributed by atoms with Crippen molar-refractivity contribution in [2.24, 2.45) is 0 Å². The maximum Gasteiger partial charge on any atom is 0.345 e. The maximum atomic E-state index is 11.4. The van der Waals surface area contributed by atoms with E-state index in [1.54, 1.807) is 12.3 Å². The van der Waals surface area contributed by atoms with Gasteiger partial charge in [-0.1, -0.05) is 12.1 Å². The van der Waals surface area contributed by atoms with Crippen molar-refractivity contribution in [3.8, 4) is 0 Å². The number of aromatic carboxylic acids is 1. The quantitative estimate of drug-likeness (QED) is 0.878. The summed E-state index contributed by atoms with van der Waals surface area (Å²) in [5.74, 6) is -0.880. The summed E-state index contributed by atoms with van der Waals surface area (Å²) in [6.07, 6.45) is 1.67. The second-order valence-corrected chi connectivity index (χ2v) is 7.73. The first-order valence-electron chi connectivity index (χ1n) is 6.84. The molecule has 0 aliphatic heterocycles. The molecule has 118 valence electrons. The van der Waals surface area contributed by atoms with Crippen LogP contribution in [0.3, 0.4) is 0 Å². The van der Waals surface area contributed by atoms with Crippen LogP contribution in [0.1, 0.15) is 33.1 Å². The van der Waals surface area contributed by atoms with Gasteiger partial charge in [0.25, 0.3) is 0 Å². The Kier molecular flexibility index (Phi) is 5.50. The fourth-order valence-electron chi connectivity index (χ4n) is 2.15. The van der Waals surface area contributed by atoms with Gasteiger partial charge in [-0.2, -0.15) is 0 Å². The lowest BCUT2D eigenvalue weighted by atomic mass is 10.1. The van der Waals surface area contributed by atoms with Gasteiger partial charge in [0.1, 0.15) is 4.88 Å². The molecule has 0 saturated heterocycles. The highest BCUT2D eigenvalue weighted by Gasteiger charge is 2.14. The number of thiophene rings is 1. The summed E-state index contributed by atoms with van der Waals surface area (Å²) in [6.45, 7) is 2.80. The summed E-state index contributed by atoms with van der Waals surface area (Å²) in [5.41, 5.74) is 1.15. The molecule has 2 rings (SSSR count). The lowest BCUT2D eigenvalue weighted by Crippen LogP contribution is -2.21. The number of carbonyl (C=O) groups is 1. The molecule has 0 saturated carbocycles. The molecule has 0 fully saturated rings. The topological polar surface area (TPSA) is 57.6 Å².